The Morgan fingerprint density at radius 2 is 2.00 bits per heavy atom. The molecule has 0 aliphatic carbocycles. The number of rotatable bonds is 5. The van der Waals surface area contributed by atoms with Crippen LogP contribution < -0.4 is 19.7 Å². The van der Waals surface area contributed by atoms with Gasteiger partial charge in [-0.25, -0.2) is 9.97 Å². The first kappa shape index (κ1) is 21.6. The van der Waals surface area contributed by atoms with Crippen molar-refractivity contribution in [3.8, 4) is 11.5 Å². The van der Waals surface area contributed by atoms with E-state index in [0.29, 0.717) is 33.1 Å². The van der Waals surface area contributed by atoms with Crippen LogP contribution in [0.1, 0.15) is 41.4 Å². The van der Waals surface area contributed by atoms with Gasteiger partial charge in [-0.15, -0.1) is 11.3 Å². The smallest absolute Gasteiger partial charge is 0.266 e. The fourth-order valence-corrected chi connectivity index (χ4v) is 5.32. The molecule has 2 aromatic heterocycles. The molecule has 31 heavy (non-hydrogen) atoms. The maximum Gasteiger partial charge on any atom is 0.266 e. The molecule has 0 bridgehead atoms. The number of piperidine rings is 1. The second kappa shape index (κ2) is 8.88. The van der Waals surface area contributed by atoms with Gasteiger partial charge in [-0.1, -0.05) is 11.6 Å². The Balaban J connectivity index is 1.71. The van der Waals surface area contributed by atoms with Crippen molar-refractivity contribution >= 4 is 50.6 Å². The van der Waals surface area contributed by atoms with Crippen molar-refractivity contribution in [3.05, 3.63) is 33.9 Å². The third-order valence-corrected chi connectivity index (χ3v) is 7.20. The van der Waals surface area contributed by atoms with Crippen LogP contribution in [-0.2, 0) is 0 Å². The average Bonchev–Trinajstić information content (AvgIpc) is 3.11. The zero-order valence-electron chi connectivity index (χ0n) is 18.0. The number of aromatic nitrogens is 2. The van der Waals surface area contributed by atoms with E-state index < -0.39 is 0 Å². The van der Waals surface area contributed by atoms with Crippen LogP contribution in [-0.4, -0.2) is 42.7 Å². The molecule has 1 saturated heterocycles. The summed E-state index contributed by atoms with van der Waals surface area (Å²) in [6.45, 7) is 5.14. The molecule has 9 heteroatoms. The Labute approximate surface area is 190 Å². The van der Waals surface area contributed by atoms with Gasteiger partial charge in [0.1, 0.15) is 28.5 Å². The summed E-state index contributed by atoms with van der Waals surface area (Å²) in [5.41, 5.74) is 1.36. The molecule has 0 spiro atoms. The van der Waals surface area contributed by atoms with Gasteiger partial charge < -0.3 is 19.7 Å². The molecule has 1 atom stereocenters. The van der Waals surface area contributed by atoms with E-state index in [-0.39, 0.29) is 5.91 Å². The van der Waals surface area contributed by atoms with Gasteiger partial charge in [0.05, 0.1) is 35.2 Å². The molecule has 0 saturated carbocycles. The first-order valence-corrected chi connectivity index (χ1v) is 11.4. The average molecular weight is 461 g/mol. The fourth-order valence-electron chi connectivity index (χ4n) is 4.04. The summed E-state index contributed by atoms with van der Waals surface area (Å²) >= 11 is 7.62. The number of nitrogens with one attached hydrogen (secondary N) is 1. The Morgan fingerprint density at radius 1 is 1.23 bits per heavy atom. The van der Waals surface area contributed by atoms with Crippen LogP contribution in [0, 0.1) is 6.92 Å². The summed E-state index contributed by atoms with van der Waals surface area (Å²) in [6.07, 6.45) is 5.10. The number of amides is 1. The molecule has 1 fully saturated rings. The number of benzene rings is 1. The standard InChI is InChI=1S/C22H25ClN4O3S/c1-12-7-5-6-8-27(12)20-18-13(2)19(31-22(18)25-11-24-20)21(28)26-15-9-14(23)16(29-3)10-17(15)30-4/h9-12H,5-8H2,1-4H3,(H,26,28)/t12-/m1/s1. The number of nitrogens with zero attached hydrogens (tertiary/aromatic N) is 3. The summed E-state index contributed by atoms with van der Waals surface area (Å²) in [5, 5.41) is 4.26. The monoisotopic (exact) mass is 460 g/mol. The first-order chi connectivity index (χ1) is 14.9. The lowest BCUT2D eigenvalue weighted by Crippen LogP contribution is -2.38. The van der Waals surface area contributed by atoms with Crippen molar-refractivity contribution in [2.45, 2.75) is 39.2 Å². The highest BCUT2D eigenvalue weighted by atomic mass is 35.5. The predicted molar refractivity (Wildman–Crippen MR) is 125 cm³/mol. The number of hydrogen-bond acceptors (Lipinski definition) is 7. The van der Waals surface area contributed by atoms with Crippen LogP contribution in [0.2, 0.25) is 5.02 Å². The number of aryl methyl sites for hydroxylation is 1. The summed E-state index contributed by atoms with van der Waals surface area (Å²) in [4.78, 5) is 26.0. The molecule has 164 valence electrons. The molecule has 3 aromatic rings. The molecule has 0 radical (unpaired) electrons. The molecule has 1 amide bonds. The number of carbonyl (C=O) groups excluding carboxylic acids is 1. The number of hydrogen-bond donors (Lipinski definition) is 1. The van der Waals surface area contributed by atoms with Gasteiger partial charge in [0.25, 0.3) is 5.91 Å². The Hall–Kier alpha value is -2.58. The SMILES string of the molecule is COc1cc(OC)c(NC(=O)c2sc3ncnc(N4CCCC[C@H]4C)c3c2C)cc1Cl. The summed E-state index contributed by atoms with van der Waals surface area (Å²) in [7, 11) is 3.06. The van der Waals surface area contributed by atoms with Gasteiger partial charge >= 0.3 is 0 Å². The molecule has 1 aromatic carbocycles. The Morgan fingerprint density at radius 3 is 2.71 bits per heavy atom. The maximum absolute atomic E-state index is 13.2. The van der Waals surface area contributed by atoms with E-state index in [1.807, 2.05) is 6.92 Å². The van der Waals surface area contributed by atoms with Crippen molar-refractivity contribution in [3.63, 3.8) is 0 Å². The number of carbonyl (C=O) groups is 1. The molecule has 3 heterocycles. The molecular formula is C22H25ClN4O3S. The van der Waals surface area contributed by atoms with Crippen LogP contribution in [0.3, 0.4) is 0 Å². The van der Waals surface area contributed by atoms with E-state index in [1.165, 1.54) is 32.0 Å². The van der Waals surface area contributed by atoms with Crippen LogP contribution in [0.25, 0.3) is 10.2 Å². The summed E-state index contributed by atoms with van der Waals surface area (Å²) < 4.78 is 10.6. The normalized spacial score (nSPS) is 16.4. The third kappa shape index (κ3) is 4.02. The van der Waals surface area contributed by atoms with Gasteiger partial charge in [-0.2, -0.15) is 0 Å². The zero-order valence-corrected chi connectivity index (χ0v) is 19.6. The van der Waals surface area contributed by atoms with Gasteiger partial charge in [-0.05, 0) is 44.7 Å². The predicted octanol–water partition coefficient (Wildman–Crippen LogP) is 5.30. The number of fused-ring (bicyclic) bond motifs is 1. The van der Waals surface area contributed by atoms with Crippen molar-refractivity contribution in [1.29, 1.82) is 0 Å². The quantitative estimate of drug-likeness (QED) is 0.556. The second-order valence-corrected chi connectivity index (χ2v) is 9.02. The molecule has 1 N–H and O–H groups in total. The minimum Gasteiger partial charge on any atom is -0.495 e. The number of methoxy groups -OCH3 is 2. The fraction of sp³-hybridized carbons (Fsp3) is 0.409. The largest absolute Gasteiger partial charge is 0.495 e. The number of thiophene rings is 1. The lowest BCUT2D eigenvalue weighted by atomic mass is 10.0. The topological polar surface area (TPSA) is 76.6 Å². The van der Waals surface area contributed by atoms with Gasteiger partial charge in [0, 0.05) is 18.7 Å². The van der Waals surface area contributed by atoms with Gasteiger partial charge in [0.2, 0.25) is 0 Å². The second-order valence-electron chi connectivity index (χ2n) is 7.61. The third-order valence-electron chi connectivity index (χ3n) is 5.71. The van der Waals surface area contributed by atoms with Crippen molar-refractivity contribution in [2.75, 3.05) is 31.0 Å². The summed E-state index contributed by atoms with van der Waals surface area (Å²) in [6, 6.07) is 3.69. The highest BCUT2D eigenvalue weighted by molar-refractivity contribution is 7.20. The number of ether oxygens (including phenoxy) is 2. The van der Waals surface area contributed by atoms with Gasteiger partial charge in [0.15, 0.2) is 0 Å². The number of halogens is 1. The van der Waals surface area contributed by atoms with Gasteiger partial charge in [-0.3, -0.25) is 4.79 Å². The van der Waals surface area contributed by atoms with Crippen LogP contribution in [0.15, 0.2) is 18.5 Å². The van der Waals surface area contributed by atoms with Crippen LogP contribution in [0.5, 0.6) is 11.5 Å². The molecule has 4 rings (SSSR count). The zero-order chi connectivity index (χ0) is 22.1. The van der Waals surface area contributed by atoms with Crippen molar-refractivity contribution in [2.24, 2.45) is 0 Å². The Kier molecular flexibility index (Phi) is 6.20. The van der Waals surface area contributed by atoms with E-state index in [9.17, 15) is 4.79 Å². The molecule has 1 aliphatic rings. The molecule has 1 aliphatic heterocycles. The molecule has 0 unspecified atom stereocenters. The minimum absolute atomic E-state index is 0.238. The molecular weight excluding hydrogens is 436 g/mol. The molecule has 7 nitrogen and oxygen atoms in total. The Bertz CT molecular complexity index is 1130. The number of anilines is 2. The highest BCUT2D eigenvalue weighted by Crippen LogP contribution is 2.39. The van der Waals surface area contributed by atoms with Crippen LogP contribution >= 0.6 is 22.9 Å². The van der Waals surface area contributed by atoms with E-state index in [0.717, 1.165) is 41.0 Å². The van der Waals surface area contributed by atoms with E-state index in [1.54, 1.807) is 18.5 Å². The highest BCUT2D eigenvalue weighted by Gasteiger charge is 2.26. The minimum atomic E-state index is -0.238. The van der Waals surface area contributed by atoms with E-state index in [4.69, 9.17) is 21.1 Å². The van der Waals surface area contributed by atoms with Crippen LogP contribution in [0.4, 0.5) is 11.5 Å². The maximum atomic E-state index is 13.2. The first-order valence-electron chi connectivity index (χ1n) is 10.2. The van der Waals surface area contributed by atoms with Crippen molar-refractivity contribution in [1.82, 2.24) is 9.97 Å². The lowest BCUT2D eigenvalue weighted by Gasteiger charge is -2.34. The summed E-state index contributed by atoms with van der Waals surface area (Å²) in [5.74, 6) is 1.62. The van der Waals surface area contributed by atoms with E-state index in [2.05, 4.69) is 27.1 Å². The lowest BCUT2D eigenvalue weighted by molar-refractivity contribution is 0.102. The van der Waals surface area contributed by atoms with Crippen molar-refractivity contribution < 1.29 is 14.3 Å². The van der Waals surface area contributed by atoms with E-state index >= 15 is 0 Å².